The number of halogens is 1. The van der Waals surface area contributed by atoms with Gasteiger partial charge in [-0.3, -0.25) is 14.4 Å². The Labute approximate surface area is 189 Å². The number of alkyl halides is 1. The summed E-state index contributed by atoms with van der Waals surface area (Å²) in [7, 11) is 0. The van der Waals surface area contributed by atoms with Crippen molar-refractivity contribution in [2.45, 2.75) is 33.6 Å². The van der Waals surface area contributed by atoms with E-state index in [1.807, 2.05) is 13.8 Å². The van der Waals surface area contributed by atoms with Gasteiger partial charge in [0, 0.05) is 12.5 Å². The highest BCUT2D eigenvalue weighted by atomic mass is 79.9. The number of rotatable bonds is 15. The second-order valence-electron chi connectivity index (χ2n) is 5.93. The highest BCUT2D eigenvalue weighted by Crippen LogP contribution is 2.36. The number of hydrogen-bond acceptors (Lipinski definition) is 9. The van der Waals surface area contributed by atoms with Crippen molar-refractivity contribution in [1.82, 2.24) is 0 Å². The molecule has 0 aliphatic heterocycles. The van der Waals surface area contributed by atoms with Gasteiger partial charge in [-0.15, -0.1) is 0 Å². The van der Waals surface area contributed by atoms with E-state index in [1.165, 1.54) is 0 Å². The van der Waals surface area contributed by atoms with Crippen LogP contribution in [-0.2, 0) is 23.9 Å². The molecule has 0 amide bonds. The largest absolute Gasteiger partial charge is 0.493 e. The molecule has 0 N–H and O–H groups in total. The molecule has 0 spiro atoms. The molecule has 0 aliphatic rings. The van der Waals surface area contributed by atoms with Crippen LogP contribution in [0.25, 0.3) is 0 Å². The lowest BCUT2D eigenvalue weighted by molar-refractivity contribution is -0.156. The third kappa shape index (κ3) is 8.95. The molecule has 1 aromatic rings. The van der Waals surface area contributed by atoms with E-state index in [1.54, 1.807) is 19.1 Å². The molecule has 0 bridgehead atoms. The normalized spacial score (nSPS) is 10.2. The van der Waals surface area contributed by atoms with Crippen LogP contribution in [0.3, 0.4) is 0 Å². The van der Waals surface area contributed by atoms with Gasteiger partial charge in [-0.2, -0.15) is 0 Å². The first-order valence-electron chi connectivity index (χ1n) is 9.88. The summed E-state index contributed by atoms with van der Waals surface area (Å²) in [5.74, 6) is -1.47. The lowest BCUT2D eigenvalue weighted by Crippen LogP contribution is -2.21. The quantitative estimate of drug-likeness (QED) is 0.117. The van der Waals surface area contributed by atoms with Gasteiger partial charge in [0.15, 0.2) is 17.3 Å². The van der Waals surface area contributed by atoms with Crippen LogP contribution in [-0.4, -0.2) is 61.9 Å². The number of esters is 2. The number of carbonyl (C=O) groups is 4. The Kier molecular flexibility index (Phi) is 12.3. The van der Waals surface area contributed by atoms with Crippen LogP contribution in [0.15, 0.2) is 12.1 Å². The number of Topliss-reactive ketones (excluding diaryl/α,β-unsaturated/α-hetero) is 2. The molecule has 0 saturated heterocycles. The Balaban J connectivity index is 2.69. The average molecular weight is 503 g/mol. The van der Waals surface area contributed by atoms with E-state index < -0.39 is 17.7 Å². The van der Waals surface area contributed by atoms with Gasteiger partial charge in [-0.05, 0) is 26.8 Å². The monoisotopic (exact) mass is 502 g/mol. The van der Waals surface area contributed by atoms with Gasteiger partial charge in [0.2, 0.25) is 5.78 Å². The van der Waals surface area contributed by atoms with Crippen LogP contribution >= 0.6 is 15.9 Å². The molecule has 0 aromatic heterocycles. The summed E-state index contributed by atoms with van der Waals surface area (Å²) in [5, 5.41) is -0.145. The van der Waals surface area contributed by atoms with Crippen LogP contribution < -0.4 is 14.2 Å². The Morgan fingerprint density at radius 2 is 1.32 bits per heavy atom. The Bertz CT molecular complexity index is 776. The van der Waals surface area contributed by atoms with E-state index in [0.29, 0.717) is 37.1 Å². The molecule has 10 heteroatoms. The Morgan fingerprint density at radius 1 is 0.774 bits per heavy atom. The zero-order valence-corrected chi connectivity index (χ0v) is 19.4. The van der Waals surface area contributed by atoms with Crippen molar-refractivity contribution in [1.29, 1.82) is 0 Å². The molecule has 0 heterocycles. The Morgan fingerprint density at radius 3 is 1.90 bits per heavy atom. The predicted molar refractivity (Wildman–Crippen MR) is 114 cm³/mol. The third-order valence-electron chi connectivity index (χ3n) is 3.73. The number of carbonyl (C=O) groups excluding carboxylic acids is 4. The second kappa shape index (κ2) is 14.4. The van der Waals surface area contributed by atoms with Gasteiger partial charge >= 0.3 is 11.9 Å². The van der Waals surface area contributed by atoms with Gasteiger partial charge in [0.1, 0.15) is 19.0 Å². The fraction of sp³-hybridized carbons (Fsp3) is 0.524. The SMILES string of the molecule is CCOc1cc(OCC)c(C(=O)CCC(=O)OCCOC(=O)C(=O)CBr)cc1OCC. The molecule has 9 nitrogen and oxygen atoms in total. The van der Waals surface area contributed by atoms with Gasteiger partial charge < -0.3 is 23.7 Å². The summed E-state index contributed by atoms with van der Waals surface area (Å²) < 4.78 is 26.2. The van der Waals surface area contributed by atoms with Crippen molar-refractivity contribution >= 4 is 39.4 Å². The molecule has 1 rings (SSSR count). The fourth-order valence-corrected chi connectivity index (χ4v) is 2.65. The van der Waals surface area contributed by atoms with Gasteiger partial charge in [0.25, 0.3) is 0 Å². The highest BCUT2D eigenvalue weighted by molar-refractivity contribution is 9.09. The van der Waals surface area contributed by atoms with E-state index in [4.69, 9.17) is 18.9 Å². The van der Waals surface area contributed by atoms with Crippen LogP contribution in [0.5, 0.6) is 17.2 Å². The Hall–Kier alpha value is -2.62. The standard InChI is InChI=1S/C21H27BrO9/c1-4-27-17-12-19(29-6-3)18(28-5-2)11-14(17)15(23)7-8-20(25)30-9-10-31-21(26)16(24)13-22/h11-12H,4-10,13H2,1-3H3. The van der Waals surface area contributed by atoms with Gasteiger partial charge in [-0.1, -0.05) is 15.9 Å². The summed E-state index contributed by atoms with van der Waals surface area (Å²) in [6, 6.07) is 3.15. The summed E-state index contributed by atoms with van der Waals surface area (Å²) >= 11 is 2.85. The zero-order chi connectivity index (χ0) is 23.2. The van der Waals surface area contributed by atoms with Crippen molar-refractivity contribution < 1.29 is 42.9 Å². The van der Waals surface area contributed by atoms with Crippen LogP contribution in [0.4, 0.5) is 0 Å². The van der Waals surface area contributed by atoms with E-state index in [9.17, 15) is 19.2 Å². The van der Waals surface area contributed by atoms with Crippen LogP contribution in [0.1, 0.15) is 44.0 Å². The maximum atomic E-state index is 12.7. The lowest BCUT2D eigenvalue weighted by atomic mass is 10.0. The van der Waals surface area contributed by atoms with E-state index in [2.05, 4.69) is 20.7 Å². The summed E-state index contributed by atoms with van der Waals surface area (Å²) in [4.78, 5) is 46.8. The smallest absolute Gasteiger partial charge is 0.375 e. The molecular weight excluding hydrogens is 476 g/mol. The predicted octanol–water partition coefficient (Wildman–Crippen LogP) is 2.90. The van der Waals surface area contributed by atoms with Crippen molar-refractivity contribution in [3.63, 3.8) is 0 Å². The zero-order valence-electron chi connectivity index (χ0n) is 17.9. The van der Waals surface area contributed by atoms with E-state index >= 15 is 0 Å². The molecule has 0 aliphatic carbocycles. The maximum absolute atomic E-state index is 12.7. The molecular formula is C21H27BrO9. The first-order valence-corrected chi connectivity index (χ1v) is 11.0. The molecule has 0 saturated carbocycles. The molecule has 31 heavy (non-hydrogen) atoms. The highest BCUT2D eigenvalue weighted by Gasteiger charge is 2.20. The molecule has 1 aromatic carbocycles. The van der Waals surface area contributed by atoms with Crippen molar-refractivity contribution in [2.24, 2.45) is 0 Å². The first kappa shape index (κ1) is 26.4. The number of hydrogen-bond donors (Lipinski definition) is 0. The van der Waals surface area contributed by atoms with Gasteiger partial charge in [0.05, 0.1) is 37.1 Å². The summed E-state index contributed by atoms with van der Waals surface area (Å²) in [6.45, 7) is 6.14. The van der Waals surface area contributed by atoms with Gasteiger partial charge in [-0.25, -0.2) is 4.79 Å². The molecule has 0 atom stereocenters. The maximum Gasteiger partial charge on any atom is 0.375 e. The molecule has 0 fully saturated rings. The number of benzene rings is 1. The molecule has 0 radical (unpaired) electrons. The van der Waals surface area contributed by atoms with Crippen LogP contribution in [0.2, 0.25) is 0 Å². The van der Waals surface area contributed by atoms with Crippen LogP contribution in [0, 0.1) is 0 Å². The van der Waals surface area contributed by atoms with Crippen molar-refractivity contribution in [3.8, 4) is 17.2 Å². The average Bonchev–Trinajstić information content (AvgIpc) is 2.76. The summed E-state index contributed by atoms with van der Waals surface area (Å²) in [5.41, 5.74) is 0.281. The van der Waals surface area contributed by atoms with E-state index in [0.717, 1.165) is 0 Å². The minimum absolute atomic E-state index is 0.111. The molecule has 0 unspecified atom stereocenters. The minimum atomic E-state index is -1.01. The van der Waals surface area contributed by atoms with Crippen molar-refractivity contribution in [3.05, 3.63) is 17.7 Å². The number of ether oxygens (including phenoxy) is 5. The second-order valence-corrected chi connectivity index (χ2v) is 6.49. The lowest BCUT2D eigenvalue weighted by Gasteiger charge is -2.16. The molecule has 172 valence electrons. The van der Waals surface area contributed by atoms with E-state index in [-0.39, 0.29) is 42.7 Å². The summed E-state index contributed by atoms with van der Waals surface area (Å²) in [6.07, 6.45) is -0.282. The number of ketones is 2. The van der Waals surface area contributed by atoms with Crippen molar-refractivity contribution in [2.75, 3.05) is 38.4 Å². The topological polar surface area (TPSA) is 114 Å². The third-order valence-corrected chi connectivity index (χ3v) is 4.24. The fourth-order valence-electron chi connectivity index (χ4n) is 2.42. The minimum Gasteiger partial charge on any atom is -0.493 e. The first-order chi connectivity index (χ1) is 14.9.